The first kappa shape index (κ1) is 15.2. The van der Waals surface area contributed by atoms with Crippen LogP contribution in [0.25, 0.3) is 6.08 Å². The number of hydrogen-bond acceptors (Lipinski definition) is 3. The Morgan fingerprint density at radius 1 is 1.38 bits per heavy atom. The SMILES string of the molecule is O=C(/C=C/c1cccnc1)NC1(CC2C3CN(C(=O)O)CC32)CC1. The zero-order valence-corrected chi connectivity index (χ0v) is 13.4. The Hall–Kier alpha value is -2.37. The number of carbonyl (C=O) groups is 2. The summed E-state index contributed by atoms with van der Waals surface area (Å²) in [7, 11) is 0. The number of nitrogens with one attached hydrogen (secondary N) is 1. The molecule has 2 N–H and O–H groups in total. The van der Waals surface area contributed by atoms with E-state index in [0.717, 1.165) is 24.8 Å². The average molecular weight is 327 g/mol. The molecule has 4 rings (SSSR count). The van der Waals surface area contributed by atoms with E-state index in [1.54, 1.807) is 24.5 Å². The predicted molar refractivity (Wildman–Crippen MR) is 88.1 cm³/mol. The lowest BCUT2D eigenvalue weighted by Crippen LogP contribution is -2.37. The van der Waals surface area contributed by atoms with Crippen LogP contribution in [0.2, 0.25) is 0 Å². The largest absolute Gasteiger partial charge is 0.465 e. The van der Waals surface area contributed by atoms with E-state index in [4.69, 9.17) is 5.11 Å². The standard InChI is InChI=1S/C18H21N3O3/c22-16(4-3-12-2-1-7-19-9-12)20-18(5-6-18)8-13-14-10-21(17(23)24)11-15(13)14/h1-4,7,9,13-15H,5-6,8,10-11H2,(H,20,22)(H,23,24)/b4-3+. The highest BCUT2D eigenvalue weighted by molar-refractivity contribution is 5.92. The van der Waals surface area contributed by atoms with Gasteiger partial charge in [0.2, 0.25) is 5.91 Å². The molecule has 1 aliphatic heterocycles. The van der Waals surface area contributed by atoms with Gasteiger partial charge in [-0.05, 0) is 54.7 Å². The number of pyridine rings is 1. The zero-order valence-electron chi connectivity index (χ0n) is 13.4. The molecule has 6 heteroatoms. The van der Waals surface area contributed by atoms with E-state index in [-0.39, 0.29) is 11.4 Å². The molecule has 2 amide bonds. The number of aromatic nitrogens is 1. The number of hydrogen-bond donors (Lipinski definition) is 2. The van der Waals surface area contributed by atoms with Crippen molar-refractivity contribution in [3.05, 3.63) is 36.2 Å². The fourth-order valence-electron chi connectivity index (χ4n) is 4.04. The summed E-state index contributed by atoms with van der Waals surface area (Å²) in [6.45, 7) is 1.32. The van der Waals surface area contributed by atoms with Gasteiger partial charge in [0, 0.05) is 37.1 Å². The van der Waals surface area contributed by atoms with Crippen LogP contribution < -0.4 is 5.32 Å². The third-order valence-corrected chi connectivity index (χ3v) is 5.62. The number of fused-ring (bicyclic) bond motifs is 1. The zero-order chi connectivity index (χ0) is 16.7. The predicted octanol–water partition coefficient (Wildman–Crippen LogP) is 1.99. The van der Waals surface area contributed by atoms with Crippen LogP contribution in [0.1, 0.15) is 24.8 Å². The number of nitrogens with zero attached hydrogens (tertiary/aromatic N) is 2. The Morgan fingerprint density at radius 2 is 2.12 bits per heavy atom. The molecule has 24 heavy (non-hydrogen) atoms. The van der Waals surface area contributed by atoms with E-state index >= 15 is 0 Å². The molecule has 2 aliphatic carbocycles. The van der Waals surface area contributed by atoms with Crippen molar-refractivity contribution in [1.82, 2.24) is 15.2 Å². The van der Waals surface area contributed by atoms with Gasteiger partial charge in [-0.15, -0.1) is 0 Å². The summed E-state index contributed by atoms with van der Waals surface area (Å²) in [6.07, 6.45) is 8.99. The van der Waals surface area contributed by atoms with Crippen LogP contribution in [0.4, 0.5) is 4.79 Å². The summed E-state index contributed by atoms with van der Waals surface area (Å²) in [4.78, 5) is 28.7. The fraction of sp³-hybridized carbons (Fsp3) is 0.500. The van der Waals surface area contributed by atoms with Crippen LogP contribution in [0, 0.1) is 17.8 Å². The highest BCUT2D eigenvalue weighted by atomic mass is 16.4. The van der Waals surface area contributed by atoms with Gasteiger partial charge >= 0.3 is 6.09 Å². The van der Waals surface area contributed by atoms with Crippen LogP contribution in [0.15, 0.2) is 30.6 Å². The number of carboxylic acid groups (broad SMARTS) is 1. The maximum Gasteiger partial charge on any atom is 0.407 e. The molecule has 0 bridgehead atoms. The minimum absolute atomic E-state index is 0.0561. The molecule has 2 saturated carbocycles. The van der Waals surface area contributed by atoms with Crippen molar-refractivity contribution in [2.24, 2.45) is 17.8 Å². The lowest BCUT2D eigenvalue weighted by atomic mass is 10.0. The second-order valence-corrected chi connectivity index (χ2v) is 7.27. The Bertz CT molecular complexity index is 672. The van der Waals surface area contributed by atoms with E-state index in [1.165, 1.54) is 4.90 Å². The highest BCUT2D eigenvalue weighted by Crippen LogP contribution is 2.58. The minimum atomic E-state index is -0.809. The maximum atomic E-state index is 12.2. The monoisotopic (exact) mass is 327 g/mol. The van der Waals surface area contributed by atoms with Gasteiger partial charge in [0.25, 0.3) is 0 Å². The molecule has 3 fully saturated rings. The quantitative estimate of drug-likeness (QED) is 0.810. The number of piperidine rings is 1. The molecule has 1 saturated heterocycles. The van der Waals surface area contributed by atoms with Crippen LogP contribution in [0.3, 0.4) is 0 Å². The molecule has 0 radical (unpaired) electrons. The van der Waals surface area contributed by atoms with Crippen molar-refractivity contribution in [2.45, 2.75) is 24.8 Å². The number of likely N-dealkylation sites (tertiary alicyclic amines) is 1. The molecular weight excluding hydrogens is 306 g/mol. The van der Waals surface area contributed by atoms with Gasteiger partial charge in [0.15, 0.2) is 0 Å². The number of carbonyl (C=O) groups excluding carboxylic acids is 1. The maximum absolute atomic E-state index is 12.2. The Labute approximate surface area is 140 Å². The van der Waals surface area contributed by atoms with Gasteiger partial charge in [-0.3, -0.25) is 9.78 Å². The molecule has 0 spiro atoms. The van der Waals surface area contributed by atoms with Gasteiger partial charge in [-0.1, -0.05) is 6.07 Å². The smallest absolute Gasteiger partial charge is 0.407 e. The molecule has 1 aromatic rings. The van der Waals surface area contributed by atoms with Crippen molar-refractivity contribution in [3.63, 3.8) is 0 Å². The van der Waals surface area contributed by atoms with E-state index in [9.17, 15) is 9.59 Å². The van der Waals surface area contributed by atoms with Gasteiger partial charge in [-0.25, -0.2) is 4.79 Å². The van der Waals surface area contributed by atoms with Gasteiger partial charge in [0.05, 0.1) is 0 Å². The summed E-state index contributed by atoms with van der Waals surface area (Å²) < 4.78 is 0. The van der Waals surface area contributed by atoms with Crippen molar-refractivity contribution in [3.8, 4) is 0 Å². The summed E-state index contributed by atoms with van der Waals surface area (Å²) in [5, 5.41) is 12.2. The lowest BCUT2D eigenvalue weighted by molar-refractivity contribution is -0.117. The van der Waals surface area contributed by atoms with Crippen LogP contribution in [0.5, 0.6) is 0 Å². The van der Waals surface area contributed by atoms with Gasteiger partial charge < -0.3 is 15.3 Å². The van der Waals surface area contributed by atoms with Crippen LogP contribution in [-0.2, 0) is 4.79 Å². The van der Waals surface area contributed by atoms with Crippen molar-refractivity contribution < 1.29 is 14.7 Å². The molecule has 2 unspecified atom stereocenters. The first-order valence-electron chi connectivity index (χ1n) is 8.44. The molecule has 0 aromatic carbocycles. The first-order chi connectivity index (χ1) is 11.6. The lowest BCUT2D eigenvalue weighted by Gasteiger charge is -2.20. The molecular formula is C18H21N3O3. The summed E-state index contributed by atoms with van der Waals surface area (Å²) in [5.41, 5.74) is 0.849. The van der Waals surface area contributed by atoms with Crippen molar-refractivity contribution in [2.75, 3.05) is 13.1 Å². The Kier molecular flexibility index (Phi) is 3.55. The van der Waals surface area contributed by atoms with Crippen molar-refractivity contribution >= 4 is 18.1 Å². The number of rotatable bonds is 5. The van der Waals surface area contributed by atoms with Crippen LogP contribution in [-0.4, -0.2) is 45.6 Å². The van der Waals surface area contributed by atoms with E-state index in [2.05, 4.69) is 10.3 Å². The van der Waals surface area contributed by atoms with Gasteiger partial charge in [0.1, 0.15) is 0 Å². The molecule has 2 heterocycles. The third kappa shape index (κ3) is 3.00. The molecule has 3 aliphatic rings. The molecule has 6 nitrogen and oxygen atoms in total. The van der Waals surface area contributed by atoms with Crippen LogP contribution >= 0.6 is 0 Å². The Balaban J connectivity index is 1.28. The second-order valence-electron chi connectivity index (χ2n) is 7.27. The summed E-state index contributed by atoms with van der Waals surface area (Å²) in [5.74, 6) is 1.52. The molecule has 1 aromatic heterocycles. The van der Waals surface area contributed by atoms with E-state index in [1.807, 2.05) is 12.1 Å². The molecule has 126 valence electrons. The second kappa shape index (κ2) is 5.61. The highest BCUT2D eigenvalue weighted by Gasteiger charge is 2.60. The topological polar surface area (TPSA) is 82.5 Å². The normalized spacial score (nSPS) is 29.3. The minimum Gasteiger partial charge on any atom is -0.465 e. The van der Waals surface area contributed by atoms with E-state index < -0.39 is 6.09 Å². The van der Waals surface area contributed by atoms with E-state index in [0.29, 0.717) is 30.8 Å². The third-order valence-electron chi connectivity index (χ3n) is 5.62. The summed E-state index contributed by atoms with van der Waals surface area (Å²) in [6, 6.07) is 3.75. The first-order valence-corrected chi connectivity index (χ1v) is 8.44. The molecule has 2 atom stereocenters. The summed E-state index contributed by atoms with van der Waals surface area (Å²) >= 11 is 0. The van der Waals surface area contributed by atoms with Crippen molar-refractivity contribution in [1.29, 1.82) is 0 Å². The van der Waals surface area contributed by atoms with Gasteiger partial charge in [-0.2, -0.15) is 0 Å². The Morgan fingerprint density at radius 3 is 2.71 bits per heavy atom. The average Bonchev–Trinajstić information content (AvgIpc) is 3.41. The fourth-order valence-corrected chi connectivity index (χ4v) is 4.04. The number of amides is 2.